The average molecular weight is 351 g/mol. The quantitative estimate of drug-likeness (QED) is 0.262. The summed E-state index contributed by atoms with van der Waals surface area (Å²) in [5.41, 5.74) is 3.58. The predicted molar refractivity (Wildman–Crippen MR) is 106 cm³/mol. The van der Waals surface area contributed by atoms with Gasteiger partial charge in [-0.25, -0.2) is 5.43 Å². The Morgan fingerprint density at radius 3 is 2.21 bits per heavy atom. The van der Waals surface area contributed by atoms with Gasteiger partial charge in [0.15, 0.2) is 0 Å². The molecule has 136 valence electrons. The molecule has 1 rings (SSSR count). The highest BCUT2D eigenvalue weighted by Gasteiger charge is 2.04. The van der Waals surface area contributed by atoms with Gasteiger partial charge in [0.25, 0.3) is 0 Å². The fourth-order valence-corrected chi connectivity index (χ4v) is 3.51. The van der Waals surface area contributed by atoms with E-state index in [4.69, 9.17) is 0 Å². The minimum atomic E-state index is 0.0320. The van der Waals surface area contributed by atoms with Crippen molar-refractivity contribution in [2.45, 2.75) is 91.4 Å². The van der Waals surface area contributed by atoms with Crippen LogP contribution in [0.1, 0.15) is 94.7 Å². The number of nitrogens with zero attached hydrogens (tertiary/aromatic N) is 1. The van der Waals surface area contributed by atoms with E-state index in [0.29, 0.717) is 6.42 Å². The van der Waals surface area contributed by atoms with E-state index < -0.39 is 0 Å². The first-order valence-electron chi connectivity index (χ1n) is 9.59. The molecule has 0 saturated carbocycles. The standard InChI is InChI=1S/C20H34N2OS/c1-4-6-7-8-9-10-11-12-13-14-20(23)22-21-17(3)19-16-15-18(5-2)24-19/h15-16H,4-14H2,1-3H3,(H,22,23)/b21-17+. The van der Waals surface area contributed by atoms with Gasteiger partial charge in [-0.05, 0) is 31.9 Å². The Kier molecular flexibility index (Phi) is 11.5. The molecule has 1 N–H and O–H groups in total. The van der Waals surface area contributed by atoms with Crippen LogP contribution in [0.3, 0.4) is 0 Å². The number of hydrogen-bond donors (Lipinski definition) is 1. The minimum Gasteiger partial charge on any atom is -0.273 e. The van der Waals surface area contributed by atoms with E-state index in [2.05, 4.69) is 36.5 Å². The van der Waals surface area contributed by atoms with Crippen LogP contribution in [0.5, 0.6) is 0 Å². The second-order valence-corrected chi connectivity index (χ2v) is 7.60. The lowest BCUT2D eigenvalue weighted by Crippen LogP contribution is -2.18. The van der Waals surface area contributed by atoms with Gasteiger partial charge in [0.1, 0.15) is 0 Å². The van der Waals surface area contributed by atoms with Gasteiger partial charge < -0.3 is 0 Å². The van der Waals surface area contributed by atoms with Crippen molar-refractivity contribution in [3.63, 3.8) is 0 Å². The summed E-state index contributed by atoms with van der Waals surface area (Å²) in [5.74, 6) is 0.0320. The van der Waals surface area contributed by atoms with Gasteiger partial charge >= 0.3 is 0 Å². The molecule has 1 amide bonds. The maximum atomic E-state index is 11.8. The van der Waals surface area contributed by atoms with Crippen molar-refractivity contribution in [1.82, 2.24) is 5.43 Å². The number of hydrazone groups is 1. The molecule has 1 aromatic heterocycles. The van der Waals surface area contributed by atoms with Gasteiger partial charge in [0.2, 0.25) is 5.91 Å². The highest BCUT2D eigenvalue weighted by molar-refractivity contribution is 7.14. The molecule has 0 atom stereocenters. The molecule has 0 spiro atoms. The lowest BCUT2D eigenvalue weighted by Gasteiger charge is -2.03. The fourth-order valence-electron chi connectivity index (χ4n) is 2.62. The maximum Gasteiger partial charge on any atom is 0.240 e. The number of carbonyl (C=O) groups excluding carboxylic acids is 1. The number of unbranched alkanes of at least 4 members (excludes halogenated alkanes) is 8. The molecule has 0 unspecified atom stereocenters. The van der Waals surface area contributed by atoms with Gasteiger partial charge in [0.05, 0.1) is 10.6 Å². The fraction of sp³-hybridized carbons (Fsp3) is 0.700. The molecular formula is C20H34N2OS. The SMILES string of the molecule is CCCCCCCCCCCC(=O)N/N=C(\C)c1ccc(CC)s1. The van der Waals surface area contributed by atoms with Gasteiger partial charge in [-0.2, -0.15) is 5.10 Å². The third kappa shape index (κ3) is 9.21. The molecule has 0 radical (unpaired) electrons. The molecule has 0 aliphatic rings. The van der Waals surface area contributed by atoms with Crippen molar-refractivity contribution in [1.29, 1.82) is 0 Å². The van der Waals surface area contributed by atoms with Gasteiger partial charge in [0, 0.05) is 11.3 Å². The molecular weight excluding hydrogens is 316 g/mol. The van der Waals surface area contributed by atoms with Crippen LogP contribution in [0.25, 0.3) is 0 Å². The van der Waals surface area contributed by atoms with Crippen molar-refractivity contribution in [3.05, 3.63) is 21.9 Å². The molecule has 0 saturated heterocycles. The van der Waals surface area contributed by atoms with Crippen LogP contribution >= 0.6 is 11.3 Å². The summed E-state index contributed by atoms with van der Waals surface area (Å²) in [4.78, 5) is 14.3. The second-order valence-electron chi connectivity index (χ2n) is 6.43. The van der Waals surface area contributed by atoms with Gasteiger partial charge in [-0.3, -0.25) is 4.79 Å². The highest BCUT2D eigenvalue weighted by atomic mass is 32.1. The highest BCUT2D eigenvalue weighted by Crippen LogP contribution is 2.17. The predicted octanol–water partition coefficient (Wildman–Crippen LogP) is 6.07. The molecule has 3 nitrogen and oxygen atoms in total. The van der Waals surface area contributed by atoms with Crippen LogP contribution in [0.15, 0.2) is 17.2 Å². The Hall–Kier alpha value is -1.16. The number of amides is 1. The summed E-state index contributed by atoms with van der Waals surface area (Å²) in [5, 5.41) is 4.23. The van der Waals surface area contributed by atoms with Crippen molar-refractivity contribution < 1.29 is 4.79 Å². The van der Waals surface area contributed by atoms with E-state index in [1.807, 2.05) is 6.92 Å². The Labute approximate surface area is 151 Å². The van der Waals surface area contributed by atoms with Crippen molar-refractivity contribution >= 4 is 23.0 Å². The molecule has 24 heavy (non-hydrogen) atoms. The molecule has 1 heterocycles. The van der Waals surface area contributed by atoms with E-state index in [9.17, 15) is 4.79 Å². The van der Waals surface area contributed by atoms with Crippen molar-refractivity contribution in [3.8, 4) is 0 Å². The summed E-state index contributed by atoms with van der Waals surface area (Å²) in [7, 11) is 0. The molecule has 4 heteroatoms. The Morgan fingerprint density at radius 2 is 1.62 bits per heavy atom. The number of aryl methyl sites for hydroxylation is 1. The van der Waals surface area contributed by atoms with Crippen LogP contribution in [0.2, 0.25) is 0 Å². The zero-order chi connectivity index (χ0) is 17.6. The molecule has 0 aliphatic heterocycles. The minimum absolute atomic E-state index is 0.0320. The van der Waals surface area contributed by atoms with Gasteiger partial charge in [-0.1, -0.05) is 65.2 Å². The summed E-state index contributed by atoms with van der Waals surface area (Å²) in [6.45, 7) is 6.35. The zero-order valence-electron chi connectivity index (χ0n) is 15.7. The Balaban J connectivity index is 2.08. The van der Waals surface area contributed by atoms with Gasteiger partial charge in [-0.15, -0.1) is 11.3 Å². The molecule has 1 aromatic rings. The average Bonchev–Trinajstić information content (AvgIpc) is 3.07. The number of thiophene rings is 1. The van der Waals surface area contributed by atoms with E-state index in [0.717, 1.165) is 29.9 Å². The summed E-state index contributed by atoms with van der Waals surface area (Å²) < 4.78 is 0. The summed E-state index contributed by atoms with van der Waals surface area (Å²) in [6.07, 6.45) is 13.1. The van der Waals surface area contributed by atoms with Crippen LogP contribution in [-0.2, 0) is 11.2 Å². The first kappa shape index (κ1) is 20.9. The lowest BCUT2D eigenvalue weighted by molar-refractivity contribution is -0.121. The normalized spacial score (nSPS) is 11.7. The van der Waals surface area contributed by atoms with Crippen LogP contribution in [0.4, 0.5) is 0 Å². The van der Waals surface area contributed by atoms with E-state index >= 15 is 0 Å². The number of rotatable bonds is 13. The van der Waals surface area contributed by atoms with Crippen LogP contribution in [0, 0.1) is 0 Å². The Morgan fingerprint density at radius 1 is 1.00 bits per heavy atom. The molecule has 0 bridgehead atoms. The number of nitrogens with one attached hydrogen (secondary N) is 1. The number of carbonyl (C=O) groups is 1. The monoisotopic (exact) mass is 350 g/mol. The molecule has 0 fully saturated rings. The van der Waals surface area contributed by atoms with Crippen LogP contribution < -0.4 is 5.43 Å². The van der Waals surface area contributed by atoms with Crippen LogP contribution in [-0.4, -0.2) is 11.6 Å². The third-order valence-corrected chi connectivity index (χ3v) is 5.56. The number of hydrogen-bond acceptors (Lipinski definition) is 3. The first-order valence-corrected chi connectivity index (χ1v) is 10.4. The lowest BCUT2D eigenvalue weighted by atomic mass is 10.1. The van der Waals surface area contributed by atoms with E-state index in [1.54, 1.807) is 11.3 Å². The van der Waals surface area contributed by atoms with Crippen molar-refractivity contribution in [2.24, 2.45) is 5.10 Å². The topological polar surface area (TPSA) is 41.5 Å². The van der Waals surface area contributed by atoms with E-state index in [1.165, 1.54) is 49.8 Å². The zero-order valence-corrected chi connectivity index (χ0v) is 16.5. The maximum absolute atomic E-state index is 11.8. The van der Waals surface area contributed by atoms with Crippen molar-refractivity contribution in [2.75, 3.05) is 0 Å². The second kappa shape index (κ2) is 13.2. The Bertz CT molecular complexity index is 494. The summed E-state index contributed by atoms with van der Waals surface area (Å²) >= 11 is 1.74. The summed E-state index contributed by atoms with van der Waals surface area (Å²) in [6, 6.07) is 4.21. The first-order chi connectivity index (χ1) is 11.7. The molecule has 0 aromatic carbocycles. The largest absolute Gasteiger partial charge is 0.273 e. The van der Waals surface area contributed by atoms with E-state index in [-0.39, 0.29) is 5.91 Å². The molecule has 0 aliphatic carbocycles. The third-order valence-electron chi connectivity index (χ3n) is 4.22. The smallest absolute Gasteiger partial charge is 0.240 e.